The van der Waals surface area contributed by atoms with Gasteiger partial charge in [0.1, 0.15) is 23.9 Å². The molecule has 1 aromatic rings. The van der Waals surface area contributed by atoms with Crippen molar-refractivity contribution >= 4 is 29.7 Å². The molecule has 4 atom stereocenters. The monoisotopic (exact) mass is 536 g/mol. The molecule has 4 unspecified atom stereocenters. The number of rotatable bonds is 16. The lowest BCUT2D eigenvalue weighted by atomic mass is 9.99. The fourth-order valence-electron chi connectivity index (χ4n) is 3.74. The van der Waals surface area contributed by atoms with Crippen LogP contribution in [0.3, 0.4) is 0 Å². The Morgan fingerprint density at radius 1 is 0.763 bits per heavy atom. The Hall–Kier alpha value is -3.67. The van der Waals surface area contributed by atoms with Gasteiger partial charge in [0.25, 0.3) is 0 Å². The molecule has 12 heteroatoms. The van der Waals surface area contributed by atoms with Gasteiger partial charge in [-0.1, -0.05) is 39.8 Å². The van der Waals surface area contributed by atoms with Gasteiger partial charge >= 0.3 is 11.9 Å². The Labute approximate surface area is 222 Å². The molecule has 8 N–H and O–H groups in total. The lowest BCUT2D eigenvalue weighted by molar-refractivity contribution is -0.143. The van der Waals surface area contributed by atoms with Crippen molar-refractivity contribution in [3.8, 4) is 5.75 Å². The topological polar surface area (TPSA) is 208 Å². The molecule has 0 fully saturated rings. The van der Waals surface area contributed by atoms with Crippen LogP contribution in [0.2, 0.25) is 0 Å². The van der Waals surface area contributed by atoms with Crippen molar-refractivity contribution in [1.82, 2.24) is 16.0 Å². The van der Waals surface area contributed by atoms with E-state index in [2.05, 4.69) is 16.0 Å². The van der Waals surface area contributed by atoms with Gasteiger partial charge in [-0.15, -0.1) is 0 Å². The van der Waals surface area contributed by atoms with Gasteiger partial charge in [-0.3, -0.25) is 19.2 Å². The highest BCUT2D eigenvalue weighted by atomic mass is 16.4. The van der Waals surface area contributed by atoms with Crippen molar-refractivity contribution in [3.05, 3.63) is 29.8 Å². The quantitative estimate of drug-likeness (QED) is 0.159. The van der Waals surface area contributed by atoms with Crippen molar-refractivity contribution in [2.24, 2.45) is 17.6 Å². The molecule has 0 spiro atoms. The first-order valence-corrected chi connectivity index (χ1v) is 12.6. The van der Waals surface area contributed by atoms with Crippen LogP contribution in [0.25, 0.3) is 0 Å². The fourth-order valence-corrected chi connectivity index (χ4v) is 3.74. The first-order chi connectivity index (χ1) is 17.7. The number of carboxylic acid groups (broad SMARTS) is 2. The molecule has 0 aliphatic heterocycles. The predicted octanol–water partition coefficient (Wildman–Crippen LogP) is 0.758. The van der Waals surface area contributed by atoms with Crippen molar-refractivity contribution in [3.63, 3.8) is 0 Å². The predicted molar refractivity (Wildman–Crippen MR) is 139 cm³/mol. The van der Waals surface area contributed by atoms with E-state index in [1.165, 1.54) is 12.1 Å². The molecular weight excluding hydrogens is 496 g/mol. The van der Waals surface area contributed by atoms with E-state index in [1.807, 2.05) is 27.7 Å². The van der Waals surface area contributed by atoms with Crippen LogP contribution >= 0.6 is 0 Å². The molecule has 0 aliphatic carbocycles. The molecule has 1 rings (SSSR count). The smallest absolute Gasteiger partial charge is 0.326 e. The van der Waals surface area contributed by atoms with Crippen molar-refractivity contribution in [2.45, 2.75) is 84.0 Å². The number of hydrogen-bond donors (Lipinski definition) is 7. The van der Waals surface area contributed by atoms with E-state index in [0.29, 0.717) is 12.0 Å². The first-order valence-electron chi connectivity index (χ1n) is 12.6. The standard InChI is InChI=1S/C26H40N4O8/c1-14(2)11-18(27)23(34)29-21(13-16-5-7-17(31)8-6-16)25(36)30-20(12-15(3)4)24(35)28-19(26(37)38)9-10-22(32)33/h5-8,14-15,18-21,31H,9-13,27H2,1-4H3,(H,28,35)(H,29,34)(H,30,36)(H,32,33)(H,37,38). The minimum absolute atomic E-state index is 0.0299. The second-order valence-electron chi connectivity index (χ2n) is 10.2. The average molecular weight is 537 g/mol. The number of nitrogens with two attached hydrogens (primary N) is 1. The maximum Gasteiger partial charge on any atom is 0.326 e. The normalized spacial score (nSPS) is 14.3. The van der Waals surface area contributed by atoms with Crippen LogP contribution < -0.4 is 21.7 Å². The Bertz CT molecular complexity index is 964. The number of carboxylic acids is 2. The SMILES string of the molecule is CC(C)CC(N)C(=O)NC(Cc1ccc(O)cc1)C(=O)NC(CC(C)C)C(=O)NC(CCC(=O)O)C(=O)O. The van der Waals surface area contributed by atoms with Crippen molar-refractivity contribution < 1.29 is 39.3 Å². The molecule has 0 radical (unpaired) electrons. The van der Waals surface area contributed by atoms with Crippen LogP contribution in [0, 0.1) is 11.8 Å². The maximum atomic E-state index is 13.3. The number of carbonyl (C=O) groups is 5. The number of amides is 3. The third-order valence-electron chi connectivity index (χ3n) is 5.67. The Morgan fingerprint density at radius 2 is 1.26 bits per heavy atom. The van der Waals surface area contributed by atoms with Crippen LogP contribution in [-0.4, -0.2) is 69.1 Å². The molecule has 212 valence electrons. The number of aromatic hydroxyl groups is 1. The van der Waals surface area contributed by atoms with E-state index in [1.54, 1.807) is 12.1 Å². The molecule has 38 heavy (non-hydrogen) atoms. The molecule has 0 saturated heterocycles. The van der Waals surface area contributed by atoms with Crippen LogP contribution in [0.4, 0.5) is 0 Å². The highest BCUT2D eigenvalue weighted by Gasteiger charge is 2.31. The number of aliphatic carboxylic acids is 2. The summed E-state index contributed by atoms with van der Waals surface area (Å²) in [5, 5.41) is 35.4. The maximum absolute atomic E-state index is 13.3. The second-order valence-corrected chi connectivity index (χ2v) is 10.2. The van der Waals surface area contributed by atoms with Crippen LogP contribution in [-0.2, 0) is 30.4 Å². The molecule has 3 amide bonds. The molecule has 0 aromatic heterocycles. The summed E-state index contributed by atoms with van der Waals surface area (Å²) in [5.41, 5.74) is 6.62. The van der Waals surface area contributed by atoms with Gasteiger partial charge < -0.3 is 37.0 Å². The molecule has 1 aromatic carbocycles. The molecule has 0 bridgehead atoms. The van der Waals surface area contributed by atoms with Gasteiger partial charge in [0.15, 0.2) is 0 Å². The van der Waals surface area contributed by atoms with Crippen LogP contribution in [0.1, 0.15) is 58.9 Å². The highest BCUT2D eigenvalue weighted by Crippen LogP contribution is 2.13. The molecule has 0 heterocycles. The average Bonchev–Trinajstić information content (AvgIpc) is 2.80. The van der Waals surface area contributed by atoms with Gasteiger partial charge in [0, 0.05) is 12.8 Å². The zero-order chi connectivity index (χ0) is 29.0. The third-order valence-corrected chi connectivity index (χ3v) is 5.67. The minimum Gasteiger partial charge on any atom is -0.508 e. The zero-order valence-electron chi connectivity index (χ0n) is 22.3. The molecular formula is C26H40N4O8. The van der Waals surface area contributed by atoms with E-state index < -0.39 is 60.2 Å². The second kappa shape index (κ2) is 15.6. The van der Waals surface area contributed by atoms with Crippen molar-refractivity contribution in [2.75, 3.05) is 0 Å². The highest BCUT2D eigenvalue weighted by molar-refractivity contribution is 5.94. The summed E-state index contributed by atoms with van der Waals surface area (Å²) >= 11 is 0. The summed E-state index contributed by atoms with van der Waals surface area (Å²) in [6.07, 6.45) is -0.194. The van der Waals surface area contributed by atoms with Crippen molar-refractivity contribution in [1.29, 1.82) is 0 Å². The zero-order valence-corrected chi connectivity index (χ0v) is 22.3. The summed E-state index contributed by atoms with van der Waals surface area (Å²) in [7, 11) is 0. The summed E-state index contributed by atoms with van der Waals surface area (Å²) in [6, 6.07) is 1.50. The Balaban J connectivity index is 3.13. The summed E-state index contributed by atoms with van der Waals surface area (Å²) < 4.78 is 0. The fraction of sp³-hybridized carbons (Fsp3) is 0.577. The summed E-state index contributed by atoms with van der Waals surface area (Å²) in [5.74, 6) is -4.51. The van der Waals surface area contributed by atoms with Gasteiger partial charge in [-0.25, -0.2) is 4.79 Å². The summed E-state index contributed by atoms with van der Waals surface area (Å²) in [4.78, 5) is 61.4. The molecule has 0 aliphatic rings. The van der Waals surface area contributed by atoms with Gasteiger partial charge in [0.2, 0.25) is 17.7 Å². The van der Waals surface area contributed by atoms with Gasteiger partial charge in [-0.2, -0.15) is 0 Å². The number of benzene rings is 1. The van der Waals surface area contributed by atoms with Crippen LogP contribution in [0.5, 0.6) is 5.75 Å². The van der Waals surface area contributed by atoms with E-state index in [-0.39, 0.29) is 36.8 Å². The van der Waals surface area contributed by atoms with Crippen LogP contribution in [0.15, 0.2) is 24.3 Å². The van der Waals surface area contributed by atoms with E-state index in [9.17, 15) is 34.2 Å². The molecule has 0 saturated carbocycles. The van der Waals surface area contributed by atoms with Gasteiger partial charge in [0.05, 0.1) is 6.04 Å². The Morgan fingerprint density at radius 3 is 1.76 bits per heavy atom. The number of carbonyl (C=O) groups excluding carboxylic acids is 3. The third kappa shape index (κ3) is 12.0. The lowest BCUT2D eigenvalue weighted by Crippen LogP contribution is -2.58. The minimum atomic E-state index is -1.45. The number of nitrogens with one attached hydrogen (secondary N) is 3. The van der Waals surface area contributed by atoms with E-state index in [0.717, 1.165) is 0 Å². The van der Waals surface area contributed by atoms with E-state index in [4.69, 9.17) is 10.8 Å². The molecule has 12 nitrogen and oxygen atoms in total. The van der Waals surface area contributed by atoms with E-state index >= 15 is 0 Å². The number of hydrogen-bond acceptors (Lipinski definition) is 7. The summed E-state index contributed by atoms with van der Waals surface area (Å²) in [6.45, 7) is 7.44. The number of phenolic OH excluding ortho intramolecular Hbond substituents is 1. The van der Waals surface area contributed by atoms with Gasteiger partial charge in [-0.05, 0) is 48.8 Å². The first kappa shape index (κ1) is 32.4. The number of phenols is 1. The Kier molecular flexibility index (Phi) is 13.2. The largest absolute Gasteiger partial charge is 0.508 e. The lowest BCUT2D eigenvalue weighted by Gasteiger charge is -2.26.